The molecule has 13 heavy (non-hydrogen) atoms. The van der Waals surface area contributed by atoms with Crippen molar-refractivity contribution in [2.24, 2.45) is 5.73 Å². The van der Waals surface area contributed by atoms with E-state index in [2.05, 4.69) is 20.4 Å². The molecule has 5 nitrogen and oxygen atoms in total. The Bertz CT molecular complexity index is 416. The summed E-state index contributed by atoms with van der Waals surface area (Å²) in [5.41, 5.74) is 7.61. The second-order valence-electron chi connectivity index (χ2n) is 2.47. The second-order valence-corrected chi connectivity index (χ2v) is 2.91. The van der Waals surface area contributed by atoms with E-state index in [-0.39, 0.29) is 0 Å². The first-order valence-electron chi connectivity index (χ1n) is 3.63. The number of hydrogen-bond acceptors (Lipinski definition) is 3. The largest absolute Gasteiger partial charge is 0.389 e. The highest BCUT2D eigenvalue weighted by Crippen LogP contribution is 2.17. The molecule has 0 radical (unpaired) electrons. The number of rotatable bonds is 2. The fraction of sp³-hybridized carbons (Fsp3) is 0. The highest BCUT2D eigenvalue weighted by molar-refractivity contribution is 7.80. The van der Waals surface area contributed by atoms with Crippen LogP contribution in [0.25, 0.3) is 11.4 Å². The lowest BCUT2D eigenvalue weighted by molar-refractivity contribution is 1.06. The van der Waals surface area contributed by atoms with Crippen molar-refractivity contribution in [3.8, 4) is 11.4 Å². The third-order valence-electron chi connectivity index (χ3n) is 1.65. The fourth-order valence-corrected chi connectivity index (χ4v) is 1.22. The molecule has 4 N–H and O–H groups in total. The van der Waals surface area contributed by atoms with E-state index in [1.54, 1.807) is 18.5 Å². The zero-order chi connectivity index (χ0) is 9.26. The van der Waals surface area contributed by atoms with Gasteiger partial charge in [0.2, 0.25) is 0 Å². The zero-order valence-electron chi connectivity index (χ0n) is 6.61. The summed E-state index contributed by atoms with van der Waals surface area (Å²) in [6.07, 6.45) is 3.37. The van der Waals surface area contributed by atoms with Gasteiger partial charge in [-0.15, -0.1) is 0 Å². The van der Waals surface area contributed by atoms with Gasteiger partial charge in [-0.25, -0.2) is 0 Å². The van der Waals surface area contributed by atoms with Gasteiger partial charge in [-0.3, -0.25) is 10.2 Å². The maximum absolute atomic E-state index is 5.50. The molecule has 6 heteroatoms. The molecular weight excluding hydrogens is 186 g/mol. The molecule has 0 fully saturated rings. The molecule has 0 saturated carbocycles. The minimum atomic E-state index is 0.312. The molecule has 2 aromatic rings. The molecule has 0 bridgehead atoms. The van der Waals surface area contributed by atoms with Crippen LogP contribution in [0.2, 0.25) is 0 Å². The van der Waals surface area contributed by atoms with Crippen molar-refractivity contribution < 1.29 is 0 Å². The van der Waals surface area contributed by atoms with Crippen molar-refractivity contribution in [1.29, 1.82) is 0 Å². The van der Waals surface area contributed by atoms with Crippen molar-refractivity contribution >= 4 is 17.2 Å². The van der Waals surface area contributed by atoms with Crippen molar-refractivity contribution in [1.82, 2.24) is 20.4 Å². The zero-order valence-corrected chi connectivity index (χ0v) is 7.43. The summed E-state index contributed by atoms with van der Waals surface area (Å²) in [5.74, 6) is 0. The summed E-state index contributed by atoms with van der Waals surface area (Å²) in [6.45, 7) is 0. The molecule has 0 aliphatic heterocycles. The van der Waals surface area contributed by atoms with Crippen LogP contribution in [-0.4, -0.2) is 25.4 Å². The molecule has 0 aromatic carbocycles. The third kappa shape index (κ3) is 1.31. The predicted molar refractivity (Wildman–Crippen MR) is 52.1 cm³/mol. The Morgan fingerprint density at radius 3 is 2.85 bits per heavy atom. The number of thiocarbonyl (C=S) groups is 1. The first kappa shape index (κ1) is 7.93. The van der Waals surface area contributed by atoms with Gasteiger partial charge in [0.15, 0.2) is 0 Å². The number of hydrogen-bond donors (Lipinski definition) is 3. The topological polar surface area (TPSA) is 83.4 Å². The minimum absolute atomic E-state index is 0.312. The van der Waals surface area contributed by atoms with Crippen molar-refractivity contribution in [3.63, 3.8) is 0 Å². The van der Waals surface area contributed by atoms with Gasteiger partial charge in [0.25, 0.3) is 0 Å². The van der Waals surface area contributed by atoms with Crippen molar-refractivity contribution in [2.75, 3.05) is 0 Å². The van der Waals surface area contributed by atoms with Crippen LogP contribution < -0.4 is 5.73 Å². The molecule has 0 aliphatic carbocycles. The minimum Gasteiger partial charge on any atom is -0.389 e. The molecule has 2 heterocycles. The lowest BCUT2D eigenvalue weighted by Gasteiger charge is -1.94. The Labute approximate surface area is 79.3 Å². The molecule has 2 rings (SSSR count). The average Bonchev–Trinajstić information content (AvgIpc) is 2.74. The molecule has 2 aromatic heterocycles. The van der Waals surface area contributed by atoms with E-state index < -0.39 is 0 Å². The maximum Gasteiger partial charge on any atom is 0.122 e. The average molecular weight is 193 g/mol. The maximum atomic E-state index is 5.50. The highest BCUT2D eigenvalue weighted by Gasteiger charge is 2.11. The molecular formula is C7H7N5S. The van der Waals surface area contributed by atoms with Crippen LogP contribution in [0, 0.1) is 0 Å². The van der Waals surface area contributed by atoms with E-state index in [1.807, 2.05) is 0 Å². The van der Waals surface area contributed by atoms with Crippen LogP contribution in [0.15, 0.2) is 18.5 Å². The SMILES string of the molecule is NC(=S)c1c[nH]nc1-c1cc[nH]n1. The van der Waals surface area contributed by atoms with Crippen LogP contribution in [-0.2, 0) is 0 Å². The van der Waals surface area contributed by atoms with Gasteiger partial charge in [0, 0.05) is 12.4 Å². The third-order valence-corrected chi connectivity index (χ3v) is 1.87. The smallest absolute Gasteiger partial charge is 0.122 e. The van der Waals surface area contributed by atoms with Crippen LogP contribution in [0.4, 0.5) is 0 Å². The lowest BCUT2D eigenvalue weighted by atomic mass is 10.2. The van der Waals surface area contributed by atoms with E-state index in [4.69, 9.17) is 18.0 Å². The summed E-state index contributed by atoms with van der Waals surface area (Å²) >= 11 is 4.86. The molecule has 0 spiro atoms. The number of nitrogens with one attached hydrogen (secondary N) is 2. The number of aromatic amines is 2. The molecule has 0 atom stereocenters. The Morgan fingerprint density at radius 2 is 2.23 bits per heavy atom. The molecule has 0 aliphatic rings. The summed E-state index contributed by atoms with van der Waals surface area (Å²) in [7, 11) is 0. The van der Waals surface area contributed by atoms with E-state index >= 15 is 0 Å². The molecule has 0 amide bonds. The van der Waals surface area contributed by atoms with Gasteiger partial charge >= 0.3 is 0 Å². The van der Waals surface area contributed by atoms with Gasteiger partial charge in [0.05, 0.1) is 5.56 Å². The van der Waals surface area contributed by atoms with E-state index in [0.717, 1.165) is 5.69 Å². The van der Waals surface area contributed by atoms with E-state index in [0.29, 0.717) is 16.2 Å². The molecule has 0 saturated heterocycles. The molecule has 0 unspecified atom stereocenters. The standard InChI is InChI=1S/C7H7N5S/c8-7(13)4-3-10-12-6(4)5-1-2-9-11-5/h1-3H,(H2,8,13)(H,9,11)(H,10,12). The molecule has 66 valence electrons. The normalized spacial score (nSPS) is 10.2. The number of aromatic nitrogens is 4. The Hall–Kier alpha value is -1.69. The number of nitrogens with two attached hydrogens (primary N) is 1. The Morgan fingerprint density at radius 1 is 1.38 bits per heavy atom. The first-order chi connectivity index (χ1) is 6.29. The van der Waals surface area contributed by atoms with Gasteiger partial charge in [-0.2, -0.15) is 10.2 Å². The number of nitrogens with zero attached hydrogens (tertiary/aromatic N) is 2. The van der Waals surface area contributed by atoms with Crippen molar-refractivity contribution in [3.05, 3.63) is 24.0 Å². The van der Waals surface area contributed by atoms with Gasteiger partial charge in [0.1, 0.15) is 16.4 Å². The summed E-state index contributed by atoms with van der Waals surface area (Å²) in [6, 6.07) is 1.80. The lowest BCUT2D eigenvalue weighted by Crippen LogP contribution is -2.09. The van der Waals surface area contributed by atoms with Gasteiger partial charge in [-0.05, 0) is 6.07 Å². The summed E-state index contributed by atoms with van der Waals surface area (Å²) in [5, 5.41) is 13.4. The van der Waals surface area contributed by atoms with Crippen LogP contribution >= 0.6 is 12.2 Å². The van der Waals surface area contributed by atoms with Crippen LogP contribution in [0.3, 0.4) is 0 Å². The summed E-state index contributed by atoms with van der Waals surface area (Å²) in [4.78, 5) is 0.312. The fourth-order valence-electron chi connectivity index (χ4n) is 1.07. The second kappa shape index (κ2) is 2.98. The van der Waals surface area contributed by atoms with Crippen LogP contribution in [0.5, 0.6) is 0 Å². The quantitative estimate of drug-likeness (QED) is 0.604. The Kier molecular flexibility index (Phi) is 1.82. The first-order valence-corrected chi connectivity index (χ1v) is 4.03. The van der Waals surface area contributed by atoms with Crippen molar-refractivity contribution in [2.45, 2.75) is 0 Å². The monoisotopic (exact) mass is 193 g/mol. The van der Waals surface area contributed by atoms with E-state index in [1.165, 1.54) is 0 Å². The summed E-state index contributed by atoms with van der Waals surface area (Å²) < 4.78 is 0. The van der Waals surface area contributed by atoms with E-state index in [9.17, 15) is 0 Å². The highest BCUT2D eigenvalue weighted by atomic mass is 32.1. The number of H-pyrrole nitrogens is 2. The van der Waals surface area contributed by atoms with Gasteiger partial charge < -0.3 is 5.73 Å². The van der Waals surface area contributed by atoms with Gasteiger partial charge in [-0.1, -0.05) is 12.2 Å². The van der Waals surface area contributed by atoms with Crippen LogP contribution in [0.1, 0.15) is 5.56 Å². The predicted octanol–water partition coefficient (Wildman–Crippen LogP) is 0.434. The Balaban J connectivity index is 2.52.